The van der Waals surface area contributed by atoms with Gasteiger partial charge in [-0.2, -0.15) is 13.2 Å². The van der Waals surface area contributed by atoms with Crippen molar-refractivity contribution in [2.45, 2.75) is 38.1 Å². The van der Waals surface area contributed by atoms with Crippen molar-refractivity contribution in [1.29, 1.82) is 0 Å². The van der Waals surface area contributed by atoms with Crippen molar-refractivity contribution in [3.63, 3.8) is 0 Å². The summed E-state index contributed by atoms with van der Waals surface area (Å²) in [6.45, 7) is -7.52. The Bertz CT molecular complexity index is 1060. The lowest BCUT2D eigenvalue weighted by atomic mass is 10.0. The van der Waals surface area contributed by atoms with E-state index < -0.39 is 79.6 Å². The Hall–Kier alpha value is -2.63. The van der Waals surface area contributed by atoms with E-state index in [1.807, 2.05) is 0 Å². The smallest absolute Gasteiger partial charge is 0.333 e. The van der Waals surface area contributed by atoms with Gasteiger partial charge in [0.15, 0.2) is 17.5 Å². The number of nitrogens with two attached hydrogens (primary N) is 1. The van der Waals surface area contributed by atoms with Gasteiger partial charge in [0.1, 0.15) is 5.82 Å². The number of halogens is 6. The number of aromatic nitrogens is 3. The van der Waals surface area contributed by atoms with Crippen LogP contribution in [0, 0.1) is 17.5 Å². The van der Waals surface area contributed by atoms with Crippen LogP contribution in [0.5, 0.6) is 0 Å². The molecule has 6 nitrogen and oxygen atoms in total. The van der Waals surface area contributed by atoms with Gasteiger partial charge in [-0.15, -0.1) is 10.2 Å². The van der Waals surface area contributed by atoms with Crippen LogP contribution in [0.4, 0.5) is 26.3 Å². The van der Waals surface area contributed by atoms with Crippen molar-refractivity contribution in [3.05, 3.63) is 46.8 Å². The molecule has 0 saturated carbocycles. The highest BCUT2D eigenvalue weighted by Crippen LogP contribution is 2.29. The van der Waals surface area contributed by atoms with Crippen molar-refractivity contribution in [2.24, 2.45) is 5.73 Å². The van der Waals surface area contributed by atoms with Crippen LogP contribution in [0.2, 0.25) is 0 Å². The van der Waals surface area contributed by atoms with Crippen molar-refractivity contribution < 1.29 is 36.6 Å². The summed E-state index contributed by atoms with van der Waals surface area (Å²) >= 11 is 0. The van der Waals surface area contributed by atoms with Crippen LogP contribution in [0.15, 0.2) is 12.1 Å². The molecule has 152 valence electrons. The summed E-state index contributed by atoms with van der Waals surface area (Å²) in [5, 5.41) is 6.10. The SMILES string of the molecule is [2H]C1([2H])N(C(=O)CC(N)Cc2cc(F)c(F)cc2F)Cc2nnc(C(F)(F)F)n2C1([2H])[2H]. The topological polar surface area (TPSA) is 77.0 Å². The van der Waals surface area contributed by atoms with Gasteiger partial charge in [0, 0.05) is 31.5 Å². The molecule has 0 saturated heterocycles. The first kappa shape index (κ1) is 15.3. The van der Waals surface area contributed by atoms with Crippen LogP contribution in [0.1, 0.15) is 29.1 Å². The Morgan fingerprint density at radius 3 is 2.54 bits per heavy atom. The minimum absolute atomic E-state index is 0.0482. The highest BCUT2D eigenvalue weighted by atomic mass is 19.4. The predicted octanol–water partition coefficient (Wildman–Crippen LogP) is 2.02. The molecular formula is C16H15F6N5O. The summed E-state index contributed by atoms with van der Waals surface area (Å²) in [6, 6.07) is -0.383. The lowest BCUT2D eigenvalue weighted by Crippen LogP contribution is -2.42. The second-order valence-electron chi connectivity index (χ2n) is 6.00. The fraction of sp³-hybridized carbons (Fsp3) is 0.438. The molecule has 1 amide bonds. The zero-order valence-corrected chi connectivity index (χ0v) is 13.9. The lowest BCUT2D eigenvalue weighted by molar-refractivity contribution is -0.148. The van der Waals surface area contributed by atoms with E-state index in [4.69, 9.17) is 11.2 Å². The van der Waals surface area contributed by atoms with Crippen LogP contribution >= 0.6 is 0 Å². The Morgan fingerprint density at radius 1 is 1.18 bits per heavy atom. The van der Waals surface area contributed by atoms with Crippen molar-refractivity contribution in [1.82, 2.24) is 19.7 Å². The molecule has 1 aromatic heterocycles. The molecule has 12 heteroatoms. The van der Waals surface area contributed by atoms with Crippen molar-refractivity contribution in [3.8, 4) is 0 Å². The van der Waals surface area contributed by atoms with Gasteiger partial charge in [0.2, 0.25) is 11.7 Å². The third-order valence-electron chi connectivity index (χ3n) is 3.89. The van der Waals surface area contributed by atoms with E-state index in [-0.39, 0.29) is 10.1 Å². The number of carbonyl (C=O) groups is 1. The lowest BCUT2D eigenvalue weighted by Gasteiger charge is -2.29. The number of amides is 1. The monoisotopic (exact) mass is 411 g/mol. The number of nitrogens with zero attached hydrogens (tertiary/aromatic N) is 4. The maximum atomic E-state index is 13.8. The van der Waals surface area contributed by atoms with Crippen LogP contribution in [-0.2, 0) is 30.4 Å². The standard InChI is InChI=1S/C16H15F6N5O/c17-10-6-12(19)11(18)4-8(10)3-9(23)5-14(28)26-1-2-27-13(7-26)24-25-15(27)16(20,21)22/h4,6,9H,1-3,5,7,23H2/i1D2,2D2. The average Bonchev–Trinajstić information content (AvgIpc) is 3.08. The fourth-order valence-corrected chi connectivity index (χ4v) is 2.57. The normalized spacial score (nSPS) is 21.2. The van der Waals surface area contributed by atoms with Gasteiger partial charge in [-0.1, -0.05) is 0 Å². The molecule has 3 rings (SSSR count). The number of hydrogen-bond donors (Lipinski definition) is 1. The maximum Gasteiger partial charge on any atom is 0.451 e. The van der Waals surface area contributed by atoms with Gasteiger partial charge in [0.25, 0.3) is 0 Å². The summed E-state index contributed by atoms with van der Waals surface area (Å²) in [5.41, 5.74) is 5.40. The third-order valence-corrected chi connectivity index (χ3v) is 3.89. The quantitative estimate of drug-likeness (QED) is 0.617. The second kappa shape index (κ2) is 7.41. The molecule has 0 radical (unpaired) electrons. The first-order valence-electron chi connectivity index (χ1n) is 9.78. The number of rotatable bonds is 4. The minimum Gasteiger partial charge on any atom is -0.333 e. The second-order valence-corrected chi connectivity index (χ2v) is 6.00. The number of hydrogen-bond acceptors (Lipinski definition) is 4. The average molecular weight is 411 g/mol. The molecule has 1 aliphatic heterocycles. The van der Waals surface area contributed by atoms with E-state index in [1.54, 1.807) is 0 Å². The molecule has 2 N–H and O–H groups in total. The summed E-state index contributed by atoms with van der Waals surface area (Å²) in [6.07, 6.45) is -6.28. The zero-order chi connectivity index (χ0) is 24.2. The highest BCUT2D eigenvalue weighted by molar-refractivity contribution is 5.76. The molecular weight excluding hydrogens is 392 g/mol. The molecule has 0 aliphatic carbocycles. The van der Waals surface area contributed by atoms with Gasteiger partial charge in [-0.05, 0) is 18.1 Å². The minimum atomic E-state index is -5.13. The Balaban J connectivity index is 1.84. The van der Waals surface area contributed by atoms with E-state index in [0.717, 1.165) is 0 Å². The Kier molecular flexibility index (Phi) is 4.05. The van der Waals surface area contributed by atoms with Crippen LogP contribution in [-0.4, -0.2) is 38.1 Å². The summed E-state index contributed by atoms with van der Waals surface area (Å²) in [4.78, 5) is 13.0. The van der Waals surface area contributed by atoms with Crippen LogP contribution in [0.3, 0.4) is 0 Å². The summed E-state index contributed by atoms with van der Waals surface area (Å²) in [7, 11) is 0. The largest absolute Gasteiger partial charge is 0.451 e. The number of fused-ring (bicyclic) bond motifs is 1. The Morgan fingerprint density at radius 2 is 1.86 bits per heavy atom. The van der Waals surface area contributed by atoms with Crippen molar-refractivity contribution >= 4 is 5.91 Å². The molecule has 2 aromatic rings. The van der Waals surface area contributed by atoms with E-state index >= 15 is 0 Å². The number of benzene rings is 1. The molecule has 1 atom stereocenters. The molecule has 1 aromatic carbocycles. The van der Waals surface area contributed by atoms with Gasteiger partial charge < -0.3 is 15.2 Å². The maximum absolute atomic E-state index is 13.8. The molecule has 2 heterocycles. The molecule has 1 unspecified atom stereocenters. The summed E-state index contributed by atoms with van der Waals surface area (Å²) < 4.78 is 111. The van der Waals surface area contributed by atoms with Crippen LogP contribution < -0.4 is 5.73 Å². The van der Waals surface area contributed by atoms with Gasteiger partial charge >= 0.3 is 6.18 Å². The number of carbonyl (C=O) groups excluding carboxylic acids is 1. The molecule has 0 fully saturated rings. The van der Waals surface area contributed by atoms with Gasteiger partial charge in [-0.25, -0.2) is 13.2 Å². The van der Waals surface area contributed by atoms with E-state index in [9.17, 15) is 31.1 Å². The molecule has 0 bridgehead atoms. The first-order chi connectivity index (χ1) is 14.6. The molecule has 1 aliphatic rings. The van der Waals surface area contributed by atoms with E-state index in [2.05, 4.69) is 10.2 Å². The third kappa shape index (κ3) is 4.11. The first-order valence-corrected chi connectivity index (χ1v) is 7.78. The fourth-order valence-electron chi connectivity index (χ4n) is 2.57. The molecule has 28 heavy (non-hydrogen) atoms. The Labute approximate surface area is 160 Å². The van der Waals surface area contributed by atoms with E-state index in [1.165, 1.54) is 0 Å². The predicted molar refractivity (Wildman–Crippen MR) is 83.1 cm³/mol. The van der Waals surface area contributed by atoms with Gasteiger partial charge in [0.05, 0.1) is 12.0 Å². The highest BCUT2D eigenvalue weighted by Gasteiger charge is 2.39. The van der Waals surface area contributed by atoms with Gasteiger partial charge in [-0.3, -0.25) is 4.79 Å². The van der Waals surface area contributed by atoms with Crippen molar-refractivity contribution in [2.75, 3.05) is 6.50 Å². The van der Waals surface area contributed by atoms with Crippen LogP contribution in [0.25, 0.3) is 0 Å². The van der Waals surface area contributed by atoms with E-state index in [0.29, 0.717) is 17.0 Å². The summed E-state index contributed by atoms with van der Waals surface area (Å²) in [5.74, 6) is -7.42. The number of alkyl halides is 3. The zero-order valence-electron chi connectivity index (χ0n) is 17.9. The molecule has 0 spiro atoms.